The second-order valence-corrected chi connectivity index (χ2v) is 12.2. The molecule has 13 heteroatoms. The van der Waals surface area contributed by atoms with Gasteiger partial charge in [-0.05, 0) is 30.7 Å². The van der Waals surface area contributed by atoms with Crippen molar-refractivity contribution in [2.75, 3.05) is 57.4 Å². The van der Waals surface area contributed by atoms with E-state index < -0.39 is 21.8 Å². The zero-order valence-corrected chi connectivity index (χ0v) is 22.6. The largest absolute Gasteiger partial charge is 0.421 e. The van der Waals surface area contributed by atoms with Crippen LogP contribution in [0.2, 0.25) is 0 Å². The van der Waals surface area contributed by atoms with Crippen LogP contribution in [0, 0.1) is 0 Å². The molecule has 0 saturated carbocycles. The van der Waals surface area contributed by atoms with Crippen molar-refractivity contribution < 1.29 is 36.5 Å². The van der Waals surface area contributed by atoms with Crippen molar-refractivity contribution >= 4 is 32.8 Å². The van der Waals surface area contributed by atoms with Crippen LogP contribution < -0.4 is 4.90 Å². The van der Waals surface area contributed by atoms with E-state index in [-0.39, 0.29) is 42.3 Å². The lowest BCUT2D eigenvalue weighted by atomic mass is 9.95. The Morgan fingerprint density at radius 1 is 1.13 bits per heavy atom. The third-order valence-corrected chi connectivity index (χ3v) is 9.70. The van der Waals surface area contributed by atoms with Gasteiger partial charge in [0.15, 0.2) is 5.60 Å². The number of aliphatic hydroxyl groups excluding tert-OH is 1. The summed E-state index contributed by atoms with van der Waals surface area (Å²) in [6.45, 7) is 3.16. The van der Waals surface area contributed by atoms with Crippen molar-refractivity contribution in [2.24, 2.45) is 0 Å². The third kappa shape index (κ3) is 5.98. The van der Waals surface area contributed by atoms with E-state index in [0.29, 0.717) is 56.7 Å². The molecule has 3 atom stereocenters. The van der Waals surface area contributed by atoms with Crippen molar-refractivity contribution in [1.29, 1.82) is 0 Å². The Bertz CT molecular complexity index is 1190. The highest BCUT2D eigenvalue weighted by Crippen LogP contribution is 2.39. The highest BCUT2D eigenvalue weighted by atomic mass is 32.2. The maximum Gasteiger partial charge on any atom is 0.421 e. The highest BCUT2D eigenvalue weighted by molar-refractivity contribution is 7.96. The van der Waals surface area contributed by atoms with Gasteiger partial charge in [0.1, 0.15) is 0 Å². The number of alkyl halides is 3. The molecule has 0 radical (unpaired) electrons. The maximum absolute atomic E-state index is 13.5. The standard InChI is InChI=1S/C25H32F3N3O5S2/c1-24(33,25(26,27)28)18-6-8-19(9-7-18)31-11-10-30(38(34,35)23-5-3-2-4-22(23)37)15-20(31)14-29-12-13-36-21(16-29)17-32/h2-3,5-9,20-21,32-33H,4,10-17H2,1H3/t20-,21+,24-/m1/s1. The number of hydrogen-bond acceptors (Lipinski definition) is 8. The average Bonchev–Trinajstić information content (AvgIpc) is 2.88. The number of aliphatic hydroxyl groups is 2. The second-order valence-electron chi connectivity index (χ2n) is 9.85. The lowest BCUT2D eigenvalue weighted by Crippen LogP contribution is -2.60. The van der Waals surface area contributed by atoms with Crippen LogP contribution in [0.25, 0.3) is 0 Å². The minimum atomic E-state index is -4.83. The van der Waals surface area contributed by atoms with Gasteiger partial charge in [-0.25, -0.2) is 8.42 Å². The van der Waals surface area contributed by atoms with Crippen LogP contribution >= 0.6 is 12.2 Å². The zero-order valence-electron chi connectivity index (χ0n) is 21.0. The molecule has 1 aliphatic carbocycles. The van der Waals surface area contributed by atoms with Gasteiger partial charge >= 0.3 is 6.18 Å². The normalized spacial score (nSPS) is 25.8. The summed E-state index contributed by atoms with van der Waals surface area (Å²) >= 11 is 5.32. The van der Waals surface area contributed by atoms with Crippen LogP contribution in [0.15, 0.2) is 47.4 Å². The molecule has 1 aromatic carbocycles. The van der Waals surface area contributed by atoms with Gasteiger partial charge in [-0.2, -0.15) is 17.5 Å². The molecular weight excluding hydrogens is 543 g/mol. The van der Waals surface area contributed by atoms with Crippen molar-refractivity contribution in [2.45, 2.75) is 37.3 Å². The number of halogens is 3. The first kappa shape index (κ1) is 29.1. The number of ether oxygens (including phenoxy) is 1. The molecule has 210 valence electrons. The molecule has 2 N–H and O–H groups in total. The quantitative estimate of drug-likeness (QED) is 0.478. The topological polar surface area (TPSA) is 93.6 Å². The minimum absolute atomic E-state index is 0.118. The molecule has 3 aliphatic rings. The number of sulfonamides is 1. The number of morpholine rings is 1. The Kier molecular flexibility index (Phi) is 8.67. The van der Waals surface area contributed by atoms with E-state index in [4.69, 9.17) is 17.0 Å². The summed E-state index contributed by atoms with van der Waals surface area (Å²) in [6, 6.07) is 5.20. The molecular formula is C25H32F3N3O5S2. The van der Waals surface area contributed by atoms with E-state index in [1.807, 2.05) is 4.90 Å². The Morgan fingerprint density at radius 3 is 2.47 bits per heavy atom. The number of benzene rings is 1. The van der Waals surface area contributed by atoms with Gasteiger partial charge in [-0.15, -0.1) is 0 Å². The van der Waals surface area contributed by atoms with E-state index in [1.165, 1.54) is 34.6 Å². The predicted octanol–water partition coefficient (Wildman–Crippen LogP) is 2.18. The average molecular weight is 576 g/mol. The number of piperazine rings is 1. The van der Waals surface area contributed by atoms with E-state index >= 15 is 0 Å². The van der Waals surface area contributed by atoms with Gasteiger partial charge in [0.2, 0.25) is 10.0 Å². The lowest BCUT2D eigenvalue weighted by molar-refractivity contribution is -0.258. The summed E-state index contributed by atoms with van der Waals surface area (Å²) in [5, 5.41) is 19.6. The number of anilines is 1. The van der Waals surface area contributed by atoms with Crippen molar-refractivity contribution in [3.05, 3.63) is 53.0 Å². The van der Waals surface area contributed by atoms with E-state index in [0.717, 1.165) is 0 Å². The SMILES string of the molecule is C[C@@](O)(c1ccc(N2CCN(S(=O)(=O)C3=CC=CCC3=S)C[C@H]2CN2CCO[C@H](CO)C2)cc1)C(F)(F)F. The Morgan fingerprint density at radius 2 is 1.84 bits per heavy atom. The summed E-state index contributed by atoms with van der Waals surface area (Å²) in [7, 11) is -3.84. The van der Waals surface area contributed by atoms with Crippen LogP contribution in [-0.2, 0) is 20.4 Å². The smallest absolute Gasteiger partial charge is 0.394 e. The Labute approximate surface area is 226 Å². The van der Waals surface area contributed by atoms with Crippen LogP contribution in [-0.4, -0.2) is 104 Å². The zero-order chi connectivity index (χ0) is 27.7. The van der Waals surface area contributed by atoms with Crippen molar-refractivity contribution in [3.63, 3.8) is 0 Å². The fraction of sp³-hybridized carbons (Fsp3) is 0.560. The fourth-order valence-corrected chi connectivity index (χ4v) is 7.00. The van der Waals surface area contributed by atoms with Crippen LogP contribution in [0.4, 0.5) is 18.9 Å². The number of nitrogens with zero attached hydrogens (tertiary/aromatic N) is 3. The van der Waals surface area contributed by atoms with Crippen LogP contribution in [0.3, 0.4) is 0 Å². The minimum Gasteiger partial charge on any atom is -0.394 e. The fourth-order valence-electron chi connectivity index (χ4n) is 4.93. The molecule has 0 spiro atoms. The van der Waals surface area contributed by atoms with Gasteiger partial charge in [0, 0.05) is 56.2 Å². The summed E-state index contributed by atoms with van der Waals surface area (Å²) in [5.74, 6) is 0. The molecule has 38 heavy (non-hydrogen) atoms. The molecule has 2 fully saturated rings. The summed E-state index contributed by atoms with van der Waals surface area (Å²) < 4.78 is 73.9. The first-order chi connectivity index (χ1) is 17.8. The monoisotopic (exact) mass is 575 g/mol. The maximum atomic E-state index is 13.5. The van der Waals surface area contributed by atoms with Crippen LogP contribution in [0.5, 0.6) is 0 Å². The summed E-state index contributed by atoms with van der Waals surface area (Å²) in [5.41, 5.74) is -2.65. The number of rotatable bonds is 7. The van der Waals surface area contributed by atoms with E-state index in [9.17, 15) is 31.8 Å². The molecule has 8 nitrogen and oxygen atoms in total. The number of allylic oxidation sites excluding steroid dienone is 4. The molecule has 0 unspecified atom stereocenters. The first-order valence-corrected chi connectivity index (χ1v) is 14.2. The van der Waals surface area contributed by atoms with E-state index in [1.54, 1.807) is 12.2 Å². The third-order valence-electron chi connectivity index (χ3n) is 7.23. The highest BCUT2D eigenvalue weighted by Gasteiger charge is 2.51. The van der Waals surface area contributed by atoms with Crippen molar-refractivity contribution in [1.82, 2.24) is 9.21 Å². The van der Waals surface area contributed by atoms with Crippen LogP contribution in [0.1, 0.15) is 18.9 Å². The number of hydrogen-bond donors (Lipinski definition) is 2. The summed E-state index contributed by atoms with van der Waals surface area (Å²) in [6.07, 6.45) is 0.200. The molecule has 4 rings (SSSR count). The van der Waals surface area contributed by atoms with Crippen molar-refractivity contribution in [3.8, 4) is 0 Å². The Hall–Kier alpha value is -1.87. The van der Waals surface area contributed by atoms with Gasteiger partial charge in [0.25, 0.3) is 0 Å². The van der Waals surface area contributed by atoms with Gasteiger partial charge in [-0.3, -0.25) is 4.90 Å². The molecule has 2 aliphatic heterocycles. The molecule has 2 saturated heterocycles. The molecule has 1 aromatic rings. The second kappa shape index (κ2) is 11.3. The van der Waals surface area contributed by atoms with Gasteiger partial charge < -0.3 is 19.8 Å². The van der Waals surface area contributed by atoms with Gasteiger partial charge in [-0.1, -0.05) is 36.5 Å². The summed E-state index contributed by atoms with van der Waals surface area (Å²) in [4.78, 5) is 4.55. The molecule has 0 aromatic heterocycles. The Balaban J connectivity index is 1.60. The van der Waals surface area contributed by atoms with E-state index in [2.05, 4.69) is 4.90 Å². The molecule has 0 amide bonds. The first-order valence-electron chi connectivity index (χ1n) is 12.4. The number of thiocarbonyl (C=S) groups is 1. The molecule has 2 heterocycles. The lowest BCUT2D eigenvalue weighted by Gasteiger charge is -2.45. The predicted molar refractivity (Wildman–Crippen MR) is 141 cm³/mol. The van der Waals surface area contributed by atoms with Gasteiger partial charge in [0.05, 0.1) is 30.3 Å². The molecule has 0 bridgehead atoms.